The first kappa shape index (κ1) is 21.2. The van der Waals surface area contributed by atoms with Gasteiger partial charge < -0.3 is 19.4 Å². The smallest absolute Gasteiger partial charge is 0.462 e. The Morgan fingerprint density at radius 1 is 1.11 bits per heavy atom. The van der Waals surface area contributed by atoms with Crippen molar-refractivity contribution in [3.8, 4) is 0 Å². The lowest BCUT2D eigenvalue weighted by molar-refractivity contribution is -0.118. The van der Waals surface area contributed by atoms with Gasteiger partial charge in [0.05, 0.1) is 23.4 Å². The second kappa shape index (κ2) is 8.27. The predicted octanol–water partition coefficient (Wildman–Crippen LogP) is 3.01. The Labute approximate surface area is 161 Å². The fourth-order valence-electron chi connectivity index (χ4n) is 2.57. The normalized spacial score (nSPS) is 18.3. The van der Waals surface area contributed by atoms with Crippen molar-refractivity contribution in [2.45, 2.75) is 52.7 Å². The molecule has 0 spiro atoms. The van der Waals surface area contributed by atoms with Crippen molar-refractivity contribution in [1.82, 2.24) is 5.32 Å². The maximum absolute atomic E-state index is 11.8. The van der Waals surface area contributed by atoms with Crippen LogP contribution in [-0.2, 0) is 18.8 Å². The van der Waals surface area contributed by atoms with Crippen molar-refractivity contribution in [2.75, 3.05) is 13.2 Å². The first-order valence-electron chi connectivity index (χ1n) is 9.13. The highest BCUT2D eigenvalue weighted by Gasteiger charge is 2.52. The number of hydrogen-bond acceptors (Lipinski definition) is 5. The molecule has 2 rings (SSSR count). The van der Waals surface area contributed by atoms with Crippen LogP contribution in [0.1, 0.15) is 57.5 Å². The van der Waals surface area contributed by atoms with E-state index in [1.54, 1.807) is 19.1 Å². The van der Waals surface area contributed by atoms with Gasteiger partial charge in [-0.2, -0.15) is 0 Å². The van der Waals surface area contributed by atoms with Gasteiger partial charge in [0.1, 0.15) is 0 Å². The van der Waals surface area contributed by atoms with E-state index in [1.807, 2.05) is 45.9 Å². The summed E-state index contributed by atoms with van der Waals surface area (Å²) in [5, 5.41) is 2.80. The molecule has 27 heavy (non-hydrogen) atoms. The Balaban J connectivity index is 2.26. The summed E-state index contributed by atoms with van der Waals surface area (Å²) in [5.41, 5.74) is 1.22. The fourth-order valence-corrected chi connectivity index (χ4v) is 2.57. The molecule has 1 saturated heterocycles. The minimum absolute atomic E-state index is 0.130. The van der Waals surface area contributed by atoms with Crippen LogP contribution in [0.3, 0.4) is 0 Å². The van der Waals surface area contributed by atoms with Crippen molar-refractivity contribution >= 4 is 25.1 Å². The maximum atomic E-state index is 11.8. The number of carbonyl (C=O) groups excluding carboxylic acids is 2. The van der Waals surface area contributed by atoms with Gasteiger partial charge in [-0.15, -0.1) is 0 Å². The molecule has 0 atom stereocenters. The number of hydrogen-bond donors (Lipinski definition) is 1. The highest BCUT2D eigenvalue weighted by atomic mass is 16.7. The molecule has 0 radical (unpaired) electrons. The van der Waals surface area contributed by atoms with Crippen molar-refractivity contribution in [3.05, 3.63) is 40.9 Å². The molecule has 7 heteroatoms. The van der Waals surface area contributed by atoms with Gasteiger partial charge in [0.25, 0.3) is 0 Å². The number of ether oxygens (including phenoxy) is 1. The number of esters is 1. The van der Waals surface area contributed by atoms with Gasteiger partial charge >= 0.3 is 13.1 Å². The monoisotopic (exact) mass is 373 g/mol. The number of benzene rings is 1. The Kier molecular flexibility index (Phi) is 6.49. The average molecular weight is 373 g/mol. The molecule has 1 aliphatic heterocycles. The zero-order valence-corrected chi connectivity index (χ0v) is 16.9. The molecule has 1 aliphatic rings. The van der Waals surface area contributed by atoms with Crippen LogP contribution >= 0.6 is 0 Å². The third-order valence-electron chi connectivity index (χ3n) is 4.87. The van der Waals surface area contributed by atoms with Gasteiger partial charge in [-0.05, 0) is 57.8 Å². The van der Waals surface area contributed by atoms with Crippen molar-refractivity contribution < 1.29 is 23.6 Å². The van der Waals surface area contributed by atoms with Crippen LogP contribution < -0.4 is 5.32 Å². The Hall–Kier alpha value is -2.12. The predicted molar refractivity (Wildman–Crippen MR) is 105 cm³/mol. The minimum atomic E-state index is -0.563. The first-order valence-corrected chi connectivity index (χ1v) is 9.13. The van der Waals surface area contributed by atoms with Crippen LogP contribution in [0.25, 0.3) is 6.08 Å². The van der Waals surface area contributed by atoms with Gasteiger partial charge in [-0.1, -0.05) is 18.2 Å². The lowest BCUT2D eigenvalue weighted by Crippen LogP contribution is -2.41. The van der Waals surface area contributed by atoms with Crippen LogP contribution in [-0.4, -0.2) is 43.3 Å². The second-order valence-corrected chi connectivity index (χ2v) is 7.56. The zero-order chi connectivity index (χ0) is 20.2. The highest BCUT2D eigenvalue weighted by Crippen LogP contribution is 2.38. The number of amides is 1. The zero-order valence-electron chi connectivity index (χ0n) is 16.9. The molecule has 1 heterocycles. The molecular formula is C20H28BNO5. The van der Waals surface area contributed by atoms with E-state index in [0.717, 1.165) is 11.0 Å². The topological polar surface area (TPSA) is 73.9 Å². The molecule has 1 fully saturated rings. The summed E-state index contributed by atoms with van der Waals surface area (Å²) < 4.78 is 17.2. The van der Waals surface area contributed by atoms with E-state index in [9.17, 15) is 9.59 Å². The Morgan fingerprint density at radius 3 is 2.15 bits per heavy atom. The third kappa shape index (κ3) is 5.20. The summed E-state index contributed by atoms with van der Waals surface area (Å²) in [4.78, 5) is 23.2. The van der Waals surface area contributed by atoms with E-state index < -0.39 is 18.3 Å². The summed E-state index contributed by atoms with van der Waals surface area (Å²) in [6, 6.07) is 7.07. The van der Waals surface area contributed by atoms with Crippen LogP contribution in [0, 0.1) is 0 Å². The molecular weight excluding hydrogens is 345 g/mol. The lowest BCUT2D eigenvalue weighted by Gasteiger charge is -2.32. The molecule has 0 saturated carbocycles. The van der Waals surface area contributed by atoms with Crippen LogP contribution in [0.2, 0.25) is 0 Å². The summed E-state index contributed by atoms with van der Waals surface area (Å²) >= 11 is 0. The summed E-state index contributed by atoms with van der Waals surface area (Å²) in [6.45, 7) is 11.8. The van der Waals surface area contributed by atoms with Gasteiger partial charge in [0.2, 0.25) is 5.91 Å². The molecule has 1 amide bonds. The fraction of sp³-hybridized carbons (Fsp3) is 0.500. The molecule has 0 aliphatic carbocycles. The van der Waals surface area contributed by atoms with Gasteiger partial charge in [0, 0.05) is 13.5 Å². The summed E-state index contributed by atoms with van der Waals surface area (Å²) in [7, 11) is -0.563. The third-order valence-corrected chi connectivity index (χ3v) is 4.87. The largest absolute Gasteiger partial charge is 0.492 e. The maximum Gasteiger partial charge on any atom is 0.492 e. The SMILES string of the molecule is CCOC(=O)c1ccc(C=C(CNC(C)=O)B2OC(C)(C)C(C)(C)O2)cc1. The molecule has 0 aromatic heterocycles. The highest BCUT2D eigenvalue weighted by molar-refractivity contribution is 6.56. The van der Waals surface area contributed by atoms with E-state index >= 15 is 0 Å². The van der Waals surface area contributed by atoms with Crippen LogP contribution in [0.15, 0.2) is 29.7 Å². The number of carbonyl (C=O) groups is 2. The van der Waals surface area contributed by atoms with Crippen molar-refractivity contribution in [2.24, 2.45) is 0 Å². The van der Waals surface area contributed by atoms with Gasteiger partial charge in [0.15, 0.2) is 0 Å². The van der Waals surface area contributed by atoms with E-state index in [2.05, 4.69) is 5.32 Å². The lowest BCUT2D eigenvalue weighted by atomic mass is 9.77. The quantitative estimate of drug-likeness (QED) is 0.613. The van der Waals surface area contributed by atoms with E-state index in [-0.39, 0.29) is 11.9 Å². The molecule has 1 aromatic carbocycles. The number of rotatable bonds is 6. The second-order valence-electron chi connectivity index (χ2n) is 7.56. The van der Waals surface area contributed by atoms with Crippen LogP contribution in [0.5, 0.6) is 0 Å². The Bertz CT molecular complexity index is 708. The Morgan fingerprint density at radius 2 is 1.67 bits per heavy atom. The molecule has 6 nitrogen and oxygen atoms in total. The van der Waals surface area contributed by atoms with Crippen molar-refractivity contribution in [3.63, 3.8) is 0 Å². The average Bonchev–Trinajstić information content (AvgIpc) is 2.79. The standard InChI is InChI=1S/C20H28BNO5/c1-7-25-18(24)16-10-8-15(9-11-16)12-17(13-22-14(2)23)21-26-19(3,4)20(5,6)27-21/h8-12H,7,13H2,1-6H3,(H,22,23). The molecule has 146 valence electrons. The molecule has 1 aromatic rings. The van der Waals surface area contributed by atoms with Gasteiger partial charge in [-0.25, -0.2) is 4.79 Å². The summed E-state index contributed by atoms with van der Waals surface area (Å²) in [6.07, 6.45) is 1.91. The molecule has 1 N–H and O–H groups in total. The molecule has 0 bridgehead atoms. The van der Waals surface area contributed by atoms with E-state index in [1.165, 1.54) is 6.92 Å². The van der Waals surface area contributed by atoms with Gasteiger partial charge in [-0.3, -0.25) is 4.79 Å². The summed E-state index contributed by atoms with van der Waals surface area (Å²) in [5.74, 6) is -0.479. The first-order chi connectivity index (χ1) is 12.6. The van der Waals surface area contributed by atoms with E-state index in [0.29, 0.717) is 18.7 Å². The minimum Gasteiger partial charge on any atom is -0.462 e. The number of nitrogens with one attached hydrogen (secondary N) is 1. The van der Waals surface area contributed by atoms with Crippen molar-refractivity contribution in [1.29, 1.82) is 0 Å². The van der Waals surface area contributed by atoms with Crippen LogP contribution in [0.4, 0.5) is 0 Å². The molecule has 0 unspecified atom stereocenters. The van der Waals surface area contributed by atoms with E-state index in [4.69, 9.17) is 14.0 Å².